The van der Waals surface area contributed by atoms with E-state index in [1.807, 2.05) is 37.3 Å². The average Bonchev–Trinajstić information content (AvgIpc) is 3.16. The van der Waals surface area contributed by atoms with Gasteiger partial charge in [0.05, 0.1) is 4.47 Å². The molecular formula is C23H20BrN3O4. The maximum Gasteiger partial charge on any atom is 0.267 e. The summed E-state index contributed by atoms with van der Waals surface area (Å²) < 4.78 is 17.0. The van der Waals surface area contributed by atoms with E-state index in [0.29, 0.717) is 34.8 Å². The number of carbonyl (C=O) groups is 1. The summed E-state index contributed by atoms with van der Waals surface area (Å²) in [4.78, 5) is 12.3. The van der Waals surface area contributed by atoms with Gasteiger partial charge in [0.15, 0.2) is 5.82 Å². The van der Waals surface area contributed by atoms with Gasteiger partial charge in [-0.05, 0) is 65.7 Å². The molecule has 3 rings (SSSR count). The molecule has 1 N–H and O–H groups in total. The first-order valence-electron chi connectivity index (χ1n) is 9.43. The molecule has 0 aliphatic heterocycles. The van der Waals surface area contributed by atoms with Gasteiger partial charge in [-0.2, -0.15) is 5.26 Å². The maximum atomic E-state index is 12.3. The number of carbonyl (C=O) groups excluding carboxylic acids is 1. The third-order valence-electron chi connectivity index (χ3n) is 4.13. The molecule has 1 amide bonds. The number of halogens is 1. The lowest BCUT2D eigenvalue weighted by atomic mass is 10.1. The van der Waals surface area contributed by atoms with Crippen LogP contribution in [0.2, 0.25) is 0 Å². The molecule has 1 heterocycles. The van der Waals surface area contributed by atoms with Crippen LogP contribution in [0, 0.1) is 25.2 Å². The van der Waals surface area contributed by atoms with Gasteiger partial charge in [-0.15, -0.1) is 0 Å². The Morgan fingerprint density at radius 1 is 1.16 bits per heavy atom. The molecule has 7 nitrogen and oxygen atoms in total. The zero-order valence-corrected chi connectivity index (χ0v) is 18.6. The topological polar surface area (TPSA) is 97.4 Å². The van der Waals surface area contributed by atoms with Gasteiger partial charge in [-0.25, -0.2) is 0 Å². The Morgan fingerprint density at radius 3 is 2.55 bits per heavy atom. The first-order valence-corrected chi connectivity index (χ1v) is 10.2. The Hall–Kier alpha value is -3.57. The van der Waals surface area contributed by atoms with E-state index < -0.39 is 5.91 Å². The molecule has 0 spiro atoms. The first-order chi connectivity index (χ1) is 14.9. The second-order valence-corrected chi connectivity index (χ2v) is 7.50. The van der Waals surface area contributed by atoms with E-state index in [-0.39, 0.29) is 11.4 Å². The molecule has 0 saturated carbocycles. The molecule has 0 radical (unpaired) electrons. The van der Waals surface area contributed by atoms with E-state index in [0.717, 1.165) is 5.75 Å². The first kappa shape index (κ1) is 22.1. The summed E-state index contributed by atoms with van der Waals surface area (Å²) in [5.74, 6) is 1.66. The lowest BCUT2D eigenvalue weighted by Gasteiger charge is -2.10. The normalized spacial score (nSPS) is 11.0. The van der Waals surface area contributed by atoms with Crippen molar-refractivity contribution in [3.05, 3.63) is 75.5 Å². The van der Waals surface area contributed by atoms with Gasteiger partial charge in [0, 0.05) is 6.07 Å². The highest BCUT2D eigenvalue weighted by molar-refractivity contribution is 9.10. The van der Waals surface area contributed by atoms with Crippen molar-refractivity contribution in [1.82, 2.24) is 5.16 Å². The monoisotopic (exact) mass is 481 g/mol. The number of hydrogen-bond donors (Lipinski definition) is 1. The van der Waals surface area contributed by atoms with Crippen molar-refractivity contribution in [3.63, 3.8) is 0 Å². The summed E-state index contributed by atoms with van der Waals surface area (Å²) >= 11 is 3.46. The van der Waals surface area contributed by atoms with Crippen LogP contribution in [0.3, 0.4) is 0 Å². The number of nitriles is 1. The number of rotatable bonds is 8. The van der Waals surface area contributed by atoms with E-state index in [4.69, 9.17) is 14.0 Å². The van der Waals surface area contributed by atoms with Crippen LogP contribution in [0.15, 0.2) is 63.1 Å². The highest BCUT2D eigenvalue weighted by Gasteiger charge is 2.12. The van der Waals surface area contributed by atoms with Crippen LogP contribution in [-0.4, -0.2) is 24.3 Å². The molecule has 31 heavy (non-hydrogen) atoms. The minimum atomic E-state index is -0.569. The van der Waals surface area contributed by atoms with Crippen LogP contribution < -0.4 is 14.8 Å². The Kier molecular flexibility index (Phi) is 7.46. The predicted octanol–water partition coefficient (Wildman–Crippen LogP) is 5.06. The minimum absolute atomic E-state index is 0.0623. The van der Waals surface area contributed by atoms with Crippen LogP contribution >= 0.6 is 15.9 Å². The molecule has 0 atom stereocenters. The van der Waals surface area contributed by atoms with Crippen LogP contribution in [0.4, 0.5) is 5.82 Å². The van der Waals surface area contributed by atoms with Gasteiger partial charge >= 0.3 is 0 Å². The fraction of sp³-hybridized carbons (Fsp3) is 0.174. The van der Waals surface area contributed by atoms with Crippen LogP contribution in [0.25, 0.3) is 6.08 Å². The van der Waals surface area contributed by atoms with Gasteiger partial charge < -0.3 is 19.3 Å². The summed E-state index contributed by atoms with van der Waals surface area (Å²) in [6, 6.07) is 16.6. The quantitative estimate of drug-likeness (QED) is 0.274. The Bertz CT molecular complexity index is 1130. The molecule has 0 fully saturated rings. The second kappa shape index (κ2) is 10.5. The Labute approximate surface area is 188 Å². The molecule has 0 bridgehead atoms. The standard InChI is InChI=1S/C23H20BrN3O4/c1-15-3-6-19(7-4-15)29-9-10-30-21-8-5-17(13-20(21)24)12-18(14-25)23(28)26-22-11-16(2)31-27-22/h3-8,11-13H,9-10H2,1-2H3,(H,26,27,28)/b18-12-. The summed E-state index contributed by atoms with van der Waals surface area (Å²) in [5, 5.41) is 15.6. The van der Waals surface area contributed by atoms with Gasteiger partial charge in [0.2, 0.25) is 0 Å². The van der Waals surface area contributed by atoms with E-state index in [1.165, 1.54) is 11.6 Å². The average molecular weight is 482 g/mol. The zero-order valence-electron chi connectivity index (χ0n) is 17.0. The highest BCUT2D eigenvalue weighted by atomic mass is 79.9. The molecule has 1 aromatic heterocycles. The predicted molar refractivity (Wildman–Crippen MR) is 120 cm³/mol. The fourth-order valence-corrected chi connectivity index (χ4v) is 3.10. The summed E-state index contributed by atoms with van der Waals surface area (Å²) in [6.45, 7) is 4.49. The number of aryl methyl sites for hydroxylation is 2. The smallest absolute Gasteiger partial charge is 0.267 e. The van der Waals surface area contributed by atoms with Crippen molar-refractivity contribution >= 4 is 33.7 Å². The van der Waals surface area contributed by atoms with E-state index in [1.54, 1.807) is 31.2 Å². The Balaban J connectivity index is 1.57. The lowest BCUT2D eigenvalue weighted by molar-refractivity contribution is -0.112. The number of hydrogen-bond acceptors (Lipinski definition) is 6. The van der Waals surface area contributed by atoms with Gasteiger partial charge in [0.25, 0.3) is 5.91 Å². The van der Waals surface area contributed by atoms with Crippen molar-refractivity contribution < 1.29 is 18.8 Å². The number of aromatic nitrogens is 1. The molecular weight excluding hydrogens is 462 g/mol. The number of nitrogens with zero attached hydrogens (tertiary/aromatic N) is 2. The summed E-state index contributed by atoms with van der Waals surface area (Å²) in [6.07, 6.45) is 1.48. The molecule has 3 aromatic rings. The van der Waals surface area contributed by atoms with Crippen molar-refractivity contribution in [2.24, 2.45) is 0 Å². The van der Waals surface area contributed by atoms with Gasteiger partial charge in [-0.3, -0.25) is 4.79 Å². The second-order valence-electron chi connectivity index (χ2n) is 6.65. The van der Waals surface area contributed by atoms with E-state index in [9.17, 15) is 10.1 Å². The SMILES string of the molecule is Cc1ccc(OCCOc2ccc(/C=C(/C#N)C(=O)Nc3cc(C)on3)cc2Br)cc1. The van der Waals surface area contributed by atoms with Crippen LogP contribution in [-0.2, 0) is 4.79 Å². The maximum absolute atomic E-state index is 12.3. The Morgan fingerprint density at radius 2 is 1.90 bits per heavy atom. The highest BCUT2D eigenvalue weighted by Crippen LogP contribution is 2.27. The number of amides is 1. The van der Waals surface area contributed by atoms with Crippen LogP contribution in [0.5, 0.6) is 11.5 Å². The van der Waals surface area contributed by atoms with Crippen molar-refractivity contribution in [2.75, 3.05) is 18.5 Å². The van der Waals surface area contributed by atoms with Crippen LogP contribution in [0.1, 0.15) is 16.9 Å². The molecule has 0 aliphatic carbocycles. The van der Waals surface area contributed by atoms with Gasteiger partial charge in [0.1, 0.15) is 42.1 Å². The molecule has 0 aliphatic rings. The van der Waals surface area contributed by atoms with Crippen molar-refractivity contribution in [3.8, 4) is 17.6 Å². The molecule has 0 saturated heterocycles. The third-order valence-corrected chi connectivity index (χ3v) is 4.75. The summed E-state index contributed by atoms with van der Waals surface area (Å²) in [7, 11) is 0. The molecule has 0 unspecified atom stereocenters. The van der Waals surface area contributed by atoms with Crippen molar-refractivity contribution in [2.45, 2.75) is 13.8 Å². The number of anilines is 1. The minimum Gasteiger partial charge on any atom is -0.490 e. The third kappa shape index (κ3) is 6.46. The van der Waals surface area contributed by atoms with Crippen molar-refractivity contribution in [1.29, 1.82) is 5.26 Å². The van der Waals surface area contributed by atoms with E-state index >= 15 is 0 Å². The van der Waals surface area contributed by atoms with E-state index in [2.05, 4.69) is 26.4 Å². The van der Waals surface area contributed by atoms with Gasteiger partial charge in [-0.1, -0.05) is 28.9 Å². The lowest BCUT2D eigenvalue weighted by Crippen LogP contribution is -2.13. The number of ether oxygens (including phenoxy) is 2. The summed E-state index contributed by atoms with van der Waals surface area (Å²) in [5.41, 5.74) is 1.78. The molecule has 158 valence electrons. The number of nitrogens with one attached hydrogen (secondary N) is 1. The largest absolute Gasteiger partial charge is 0.490 e. The number of benzene rings is 2. The zero-order chi connectivity index (χ0) is 22.2. The molecule has 2 aromatic carbocycles. The molecule has 8 heteroatoms. The fourth-order valence-electron chi connectivity index (χ4n) is 2.59.